The van der Waals surface area contributed by atoms with Gasteiger partial charge in [-0.05, 0) is 31.5 Å². The number of hydrogen-bond donors (Lipinski definition) is 1. The molecule has 3 aromatic heterocycles. The minimum absolute atomic E-state index is 0.163. The highest BCUT2D eigenvalue weighted by Gasteiger charge is 2.24. The Bertz CT molecular complexity index is 874. The number of fused-ring (bicyclic) bond motifs is 1. The molecule has 0 bridgehead atoms. The van der Waals surface area contributed by atoms with Crippen LogP contribution >= 0.6 is 0 Å². The summed E-state index contributed by atoms with van der Waals surface area (Å²) in [5.41, 5.74) is 4.83. The van der Waals surface area contributed by atoms with E-state index < -0.39 is 0 Å². The average Bonchev–Trinajstić information content (AvgIpc) is 3.14. The number of morpholine rings is 1. The summed E-state index contributed by atoms with van der Waals surface area (Å²) in [4.78, 5) is 7.01. The molecule has 3 aromatic rings. The van der Waals surface area contributed by atoms with Crippen LogP contribution in [0.1, 0.15) is 23.0 Å². The van der Waals surface area contributed by atoms with Crippen LogP contribution in [0.3, 0.4) is 0 Å². The first-order valence-corrected chi connectivity index (χ1v) is 8.88. The van der Waals surface area contributed by atoms with Crippen molar-refractivity contribution < 1.29 is 4.74 Å². The van der Waals surface area contributed by atoms with E-state index in [1.54, 1.807) is 10.8 Å². The molecule has 4 heterocycles. The van der Waals surface area contributed by atoms with Crippen LogP contribution in [0.15, 0.2) is 30.7 Å². The maximum absolute atomic E-state index is 5.52. The topological polar surface area (TPSA) is 80.5 Å². The van der Waals surface area contributed by atoms with Crippen LogP contribution in [-0.4, -0.2) is 62.5 Å². The summed E-state index contributed by atoms with van der Waals surface area (Å²) in [7, 11) is 0. The quantitative estimate of drug-likeness (QED) is 0.746. The fourth-order valence-electron chi connectivity index (χ4n) is 3.35. The van der Waals surface area contributed by atoms with Crippen molar-refractivity contribution in [3.05, 3.63) is 47.7 Å². The summed E-state index contributed by atoms with van der Waals surface area (Å²) < 4.78 is 7.24. The molecule has 0 radical (unpaired) electrons. The van der Waals surface area contributed by atoms with Crippen molar-refractivity contribution in [2.45, 2.75) is 19.9 Å². The highest BCUT2D eigenvalue weighted by molar-refractivity contribution is 5.71. The number of aryl methyl sites for hydroxylation is 1. The van der Waals surface area contributed by atoms with Crippen molar-refractivity contribution >= 4 is 11.3 Å². The van der Waals surface area contributed by atoms with Gasteiger partial charge in [0.1, 0.15) is 6.33 Å². The van der Waals surface area contributed by atoms with Gasteiger partial charge in [-0.25, -0.2) is 0 Å². The van der Waals surface area contributed by atoms with Crippen LogP contribution in [0, 0.1) is 13.8 Å². The highest BCUT2D eigenvalue weighted by Crippen LogP contribution is 2.25. The van der Waals surface area contributed by atoms with Crippen molar-refractivity contribution in [2.24, 2.45) is 0 Å². The van der Waals surface area contributed by atoms with E-state index in [1.807, 2.05) is 25.3 Å². The fraction of sp³-hybridized carbons (Fsp3) is 0.444. The van der Waals surface area contributed by atoms with Gasteiger partial charge in [0.15, 0.2) is 0 Å². The van der Waals surface area contributed by atoms with Gasteiger partial charge >= 0.3 is 0 Å². The molecule has 8 nitrogen and oxygen atoms in total. The lowest BCUT2D eigenvalue weighted by Crippen LogP contribution is -2.42. The lowest BCUT2D eigenvalue weighted by molar-refractivity contribution is 0.0179. The van der Waals surface area contributed by atoms with Crippen LogP contribution < -0.4 is 5.32 Å². The predicted octanol–water partition coefficient (Wildman–Crippen LogP) is 1.62. The molecule has 1 aliphatic rings. The van der Waals surface area contributed by atoms with E-state index in [0.717, 1.165) is 61.1 Å². The van der Waals surface area contributed by atoms with E-state index in [4.69, 9.17) is 4.74 Å². The maximum atomic E-state index is 5.52. The molecule has 26 heavy (non-hydrogen) atoms. The first-order chi connectivity index (χ1) is 12.7. The van der Waals surface area contributed by atoms with E-state index in [2.05, 4.69) is 43.5 Å². The van der Waals surface area contributed by atoms with Gasteiger partial charge < -0.3 is 10.1 Å². The van der Waals surface area contributed by atoms with E-state index in [9.17, 15) is 0 Å². The molecule has 4 rings (SSSR count). The molecule has 1 fully saturated rings. The van der Waals surface area contributed by atoms with Crippen molar-refractivity contribution in [1.29, 1.82) is 0 Å². The molecular weight excluding hydrogens is 330 g/mol. The van der Waals surface area contributed by atoms with E-state index in [0.29, 0.717) is 0 Å². The lowest BCUT2D eigenvalue weighted by atomic mass is 10.1. The van der Waals surface area contributed by atoms with Gasteiger partial charge in [-0.1, -0.05) is 6.07 Å². The summed E-state index contributed by atoms with van der Waals surface area (Å²) in [5.74, 6) is 0. The Morgan fingerprint density at radius 2 is 2.08 bits per heavy atom. The third-order valence-electron chi connectivity index (χ3n) is 4.92. The van der Waals surface area contributed by atoms with Crippen molar-refractivity contribution in [2.75, 3.05) is 38.2 Å². The molecule has 1 unspecified atom stereocenters. The predicted molar refractivity (Wildman–Crippen MR) is 98.1 cm³/mol. The number of nitrogens with zero attached hydrogens (tertiary/aromatic N) is 6. The molecule has 136 valence electrons. The van der Waals surface area contributed by atoms with Gasteiger partial charge in [-0.3, -0.25) is 9.88 Å². The van der Waals surface area contributed by atoms with Crippen LogP contribution in [0.25, 0.3) is 5.65 Å². The Balaban J connectivity index is 1.63. The second-order valence-electron chi connectivity index (χ2n) is 6.48. The summed E-state index contributed by atoms with van der Waals surface area (Å²) in [6.45, 7) is 8.09. The number of aromatic nitrogens is 5. The normalized spacial score (nSPS) is 16.7. The van der Waals surface area contributed by atoms with Crippen LogP contribution in [-0.2, 0) is 4.74 Å². The first-order valence-electron chi connectivity index (χ1n) is 8.88. The molecule has 1 N–H and O–H groups in total. The number of ether oxygens (including phenoxy) is 1. The molecule has 8 heteroatoms. The molecule has 0 aromatic carbocycles. The highest BCUT2D eigenvalue weighted by atomic mass is 16.5. The molecule has 1 atom stereocenters. The number of hydrogen-bond acceptors (Lipinski definition) is 7. The van der Waals surface area contributed by atoms with Gasteiger partial charge in [-0.2, -0.15) is 9.61 Å². The Morgan fingerprint density at radius 1 is 1.23 bits per heavy atom. The smallest absolute Gasteiger partial charge is 0.200 e. The van der Waals surface area contributed by atoms with Gasteiger partial charge in [0.05, 0.1) is 36.3 Å². The Morgan fingerprint density at radius 3 is 2.85 bits per heavy atom. The zero-order valence-corrected chi connectivity index (χ0v) is 15.1. The Labute approximate surface area is 152 Å². The molecule has 1 aliphatic heterocycles. The van der Waals surface area contributed by atoms with E-state index in [-0.39, 0.29) is 6.04 Å². The Kier molecular flexibility index (Phi) is 4.77. The molecular formula is C18H23N7O. The minimum atomic E-state index is 0.163. The SMILES string of the molecule is Cc1nn2cnnc2c(NCC(c2ccccn2)N2CCOCC2)c1C. The molecule has 1 saturated heterocycles. The number of nitrogens with one attached hydrogen (secondary N) is 1. The van der Waals surface area contributed by atoms with Crippen LogP contribution in [0.4, 0.5) is 5.69 Å². The van der Waals surface area contributed by atoms with Crippen molar-refractivity contribution in [3.63, 3.8) is 0 Å². The van der Waals surface area contributed by atoms with Crippen molar-refractivity contribution in [3.8, 4) is 0 Å². The van der Waals surface area contributed by atoms with E-state index in [1.165, 1.54) is 0 Å². The van der Waals surface area contributed by atoms with Gasteiger partial charge in [0.2, 0.25) is 5.65 Å². The lowest BCUT2D eigenvalue weighted by Gasteiger charge is -2.34. The first kappa shape index (κ1) is 16.9. The van der Waals surface area contributed by atoms with Gasteiger partial charge in [-0.15, -0.1) is 10.2 Å². The number of anilines is 1. The summed E-state index contributed by atoms with van der Waals surface area (Å²) in [6, 6.07) is 6.23. The van der Waals surface area contributed by atoms with E-state index >= 15 is 0 Å². The molecule has 0 aliphatic carbocycles. The maximum Gasteiger partial charge on any atom is 0.200 e. The molecule has 0 saturated carbocycles. The second kappa shape index (κ2) is 7.35. The third kappa shape index (κ3) is 3.25. The third-order valence-corrected chi connectivity index (χ3v) is 4.92. The standard InChI is InChI=1S/C18H23N7O/c1-13-14(2)23-25-12-21-22-18(25)17(13)20-11-16(15-5-3-4-6-19-15)24-7-9-26-10-8-24/h3-6,12,16,20H,7-11H2,1-2H3. The van der Waals surface area contributed by atoms with Gasteiger partial charge in [0, 0.05) is 25.8 Å². The van der Waals surface area contributed by atoms with Crippen LogP contribution in [0.5, 0.6) is 0 Å². The zero-order valence-electron chi connectivity index (χ0n) is 15.1. The Hall–Kier alpha value is -2.58. The fourth-order valence-corrected chi connectivity index (χ4v) is 3.35. The average molecular weight is 353 g/mol. The minimum Gasteiger partial charge on any atom is -0.380 e. The second-order valence-corrected chi connectivity index (χ2v) is 6.48. The van der Waals surface area contributed by atoms with Crippen LogP contribution in [0.2, 0.25) is 0 Å². The number of pyridine rings is 1. The summed E-state index contributed by atoms with van der Waals surface area (Å²) >= 11 is 0. The van der Waals surface area contributed by atoms with Gasteiger partial charge in [0.25, 0.3) is 0 Å². The zero-order chi connectivity index (χ0) is 17.9. The monoisotopic (exact) mass is 353 g/mol. The molecule has 0 spiro atoms. The summed E-state index contributed by atoms with van der Waals surface area (Å²) in [6.07, 6.45) is 3.48. The number of rotatable bonds is 5. The summed E-state index contributed by atoms with van der Waals surface area (Å²) in [5, 5.41) is 16.3. The largest absolute Gasteiger partial charge is 0.380 e. The molecule has 0 amide bonds. The van der Waals surface area contributed by atoms with Crippen molar-refractivity contribution in [1.82, 2.24) is 29.7 Å².